The Balaban J connectivity index is 4.10. The van der Waals surface area contributed by atoms with Gasteiger partial charge in [0.15, 0.2) is 6.10 Å². The SMILES string of the molecule is CCCCCCCCC/C=C\CCCCCCCCCC(=O)OC(COC(=O)CCCCCCCCCCCCCCCC)COC(=O)CCCCCCCCCCCCCCCCCCCCCCCCCCCCCCCCCCC. The summed E-state index contributed by atoms with van der Waals surface area (Å²) in [6.07, 6.45) is 88.5. The predicted octanol–water partition coefficient (Wildman–Crippen LogP) is 26.3. The van der Waals surface area contributed by atoms with Crippen LogP contribution in [0.1, 0.15) is 445 Å². The van der Waals surface area contributed by atoms with Crippen molar-refractivity contribution in [2.24, 2.45) is 0 Å². The molecule has 0 bridgehead atoms. The lowest BCUT2D eigenvalue weighted by atomic mass is 10.0. The maximum absolute atomic E-state index is 12.9. The van der Waals surface area contributed by atoms with Gasteiger partial charge in [0, 0.05) is 19.3 Å². The van der Waals surface area contributed by atoms with Crippen LogP contribution >= 0.6 is 0 Å². The lowest BCUT2D eigenvalue weighted by Gasteiger charge is -2.18. The second-order valence-corrected chi connectivity index (χ2v) is 26.3. The predicted molar refractivity (Wildman–Crippen MR) is 363 cm³/mol. The van der Waals surface area contributed by atoms with Crippen molar-refractivity contribution < 1.29 is 28.6 Å². The Morgan fingerprint density at radius 1 is 0.229 bits per heavy atom. The third-order valence-corrected chi connectivity index (χ3v) is 17.8. The molecule has 0 saturated carbocycles. The van der Waals surface area contributed by atoms with Crippen molar-refractivity contribution in [1.82, 2.24) is 0 Å². The van der Waals surface area contributed by atoms with Gasteiger partial charge in [-0.05, 0) is 44.9 Å². The van der Waals surface area contributed by atoms with Crippen LogP contribution in [-0.2, 0) is 28.6 Å². The first kappa shape index (κ1) is 81.2. The summed E-state index contributed by atoms with van der Waals surface area (Å²) in [6.45, 7) is 6.73. The zero-order valence-electron chi connectivity index (χ0n) is 56.8. The van der Waals surface area contributed by atoms with E-state index >= 15 is 0 Å². The molecule has 1 atom stereocenters. The number of hydrogen-bond donors (Lipinski definition) is 0. The highest BCUT2D eigenvalue weighted by atomic mass is 16.6. The van der Waals surface area contributed by atoms with Crippen molar-refractivity contribution in [3.05, 3.63) is 12.2 Å². The molecule has 0 radical (unpaired) electrons. The minimum atomic E-state index is -0.769. The summed E-state index contributed by atoms with van der Waals surface area (Å²) in [4.78, 5) is 38.5. The van der Waals surface area contributed by atoms with Gasteiger partial charge in [0.2, 0.25) is 0 Å². The molecule has 0 N–H and O–H groups in total. The number of rotatable bonds is 72. The Morgan fingerprint density at radius 3 is 0.602 bits per heavy atom. The second kappa shape index (κ2) is 72.6. The molecule has 6 heteroatoms. The van der Waals surface area contributed by atoms with Gasteiger partial charge in [-0.15, -0.1) is 0 Å². The minimum absolute atomic E-state index is 0.0648. The molecule has 0 amide bonds. The fourth-order valence-corrected chi connectivity index (χ4v) is 12.0. The van der Waals surface area contributed by atoms with E-state index in [1.165, 1.54) is 347 Å². The standard InChI is InChI=1S/C77H148O6/c1-4-7-10-13-16-19-22-25-28-30-32-33-34-35-36-37-38-39-40-41-42-43-44-45-46-48-49-52-55-58-61-64-67-70-76(79)82-73-74(72-81-75(78)69-66-63-60-57-54-51-27-24-21-18-15-12-9-6-3)83-77(80)71-68-65-62-59-56-53-50-47-31-29-26-23-20-17-14-11-8-5-2/h29,31,74H,4-28,30,32-73H2,1-3H3/b31-29-. The number of hydrogen-bond acceptors (Lipinski definition) is 6. The third-order valence-electron chi connectivity index (χ3n) is 17.8. The van der Waals surface area contributed by atoms with E-state index in [0.717, 1.165) is 57.8 Å². The summed E-state index contributed by atoms with van der Waals surface area (Å²) in [5.74, 6) is -0.832. The summed E-state index contributed by atoms with van der Waals surface area (Å²) in [5.41, 5.74) is 0. The smallest absolute Gasteiger partial charge is 0.306 e. The molecule has 492 valence electrons. The van der Waals surface area contributed by atoms with E-state index in [9.17, 15) is 14.4 Å². The number of esters is 3. The maximum atomic E-state index is 12.9. The number of carbonyl (C=O) groups excluding carboxylic acids is 3. The van der Waals surface area contributed by atoms with Crippen molar-refractivity contribution in [3.8, 4) is 0 Å². The maximum Gasteiger partial charge on any atom is 0.306 e. The van der Waals surface area contributed by atoms with Crippen LogP contribution < -0.4 is 0 Å². The lowest BCUT2D eigenvalue weighted by molar-refractivity contribution is -0.167. The average molecular weight is 1170 g/mol. The Morgan fingerprint density at radius 2 is 0.398 bits per heavy atom. The van der Waals surface area contributed by atoms with E-state index in [1.54, 1.807) is 0 Å². The molecule has 1 unspecified atom stereocenters. The fraction of sp³-hybridized carbons (Fsp3) is 0.935. The summed E-state index contributed by atoms with van der Waals surface area (Å²) >= 11 is 0. The fourth-order valence-electron chi connectivity index (χ4n) is 12.0. The molecule has 0 aromatic carbocycles. The molecule has 0 spiro atoms. The summed E-state index contributed by atoms with van der Waals surface area (Å²) in [6, 6.07) is 0. The van der Waals surface area contributed by atoms with E-state index in [1.807, 2.05) is 0 Å². The first-order chi connectivity index (χ1) is 41.0. The summed E-state index contributed by atoms with van der Waals surface area (Å²) < 4.78 is 17.0. The molecular formula is C77H148O6. The zero-order chi connectivity index (χ0) is 59.9. The molecule has 0 aromatic rings. The van der Waals surface area contributed by atoms with Gasteiger partial charge in [0.25, 0.3) is 0 Å². The quantitative estimate of drug-likeness (QED) is 0.0261. The van der Waals surface area contributed by atoms with Gasteiger partial charge >= 0.3 is 17.9 Å². The minimum Gasteiger partial charge on any atom is -0.462 e. The Kier molecular flexibility index (Phi) is 71.0. The molecule has 83 heavy (non-hydrogen) atoms. The van der Waals surface area contributed by atoms with Crippen LogP contribution in [0.4, 0.5) is 0 Å². The molecule has 0 heterocycles. The Labute approximate surface area is 520 Å². The van der Waals surface area contributed by atoms with Gasteiger partial charge in [-0.1, -0.05) is 392 Å². The van der Waals surface area contributed by atoms with Crippen molar-refractivity contribution in [3.63, 3.8) is 0 Å². The van der Waals surface area contributed by atoms with Gasteiger partial charge in [0.1, 0.15) is 13.2 Å². The topological polar surface area (TPSA) is 78.9 Å². The first-order valence-corrected chi connectivity index (χ1v) is 38.2. The largest absolute Gasteiger partial charge is 0.462 e. The van der Waals surface area contributed by atoms with Crippen LogP contribution in [0.3, 0.4) is 0 Å². The highest BCUT2D eigenvalue weighted by Gasteiger charge is 2.20. The normalized spacial score (nSPS) is 12.0. The molecule has 6 nitrogen and oxygen atoms in total. The third kappa shape index (κ3) is 70.8. The summed E-state index contributed by atoms with van der Waals surface area (Å²) in [7, 11) is 0. The zero-order valence-corrected chi connectivity index (χ0v) is 56.8. The van der Waals surface area contributed by atoms with Crippen molar-refractivity contribution in [2.45, 2.75) is 451 Å². The van der Waals surface area contributed by atoms with Crippen LogP contribution in [0.15, 0.2) is 12.2 Å². The van der Waals surface area contributed by atoms with Crippen LogP contribution in [0.25, 0.3) is 0 Å². The van der Waals surface area contributed by atoms with E-state index < -0.39 is 6.10 Å². The molecule has 0 aliphatic heterocycles. The van der Waals surface area contributed by atoms with E-state index in [4.69, 9.17) is 14.2 Å². The molecular weight excluding hydrogens is 1020 g/mol. The average Bonchev–Trinajstić information content (AvgIpc) is 3.49. The first-order valence-electron chi connectivity index (χ1n) is 38.2. The monoisotopic (exact) mass is 1170 g/mol. The molecule has 0 aliphatic carbocycles. The highest BCUT2D eigenvalue weighted by Crippen LogP contribution is 2.20. The second-order valence-electron chi connectivity index (χ2n) is 26.3. The van der Waals surface area contributed by atoms with Gasteiger partial charge in [0.05, 0.1) is 0 Å². The van der Waals surface area contributed by atoms with E-state index in [-0.39, 0.29) is 31.1 Å². The number of ether oxygens (including phenoxy) is 3. The lowest BCUT2D eigenvalue weighted by Crippen LogP contribution is -2.30. The van der Waals surface area contributed by atoms with Crippen LogP contribution in [0.2, 0.25) is 0 Å². The number of allylic oxidation sites excluding steroid dienone is 2. The Hall–Kier alpha value is -1.85. The highest BCUT2D eigenvalue weighted by molar-refractivity contribution is 5.71. The van der Waals surface area contributed by atoms with E-state index in [2.05, 4.69) is 32.9 Å². The molecule has 0 aliphatic rings. The Bertz CT molecular complexity index is 1300. The number of carbonyl (C=O) groups is 3. The van der Waals surface area contributed by atoms with Crippen molar-refractivity contribution in [1.29, 1.82) is 0 Å². The van der Waals surface area contributed by atoms with Gasteiger partial charge < -0.3 is 14.2 Å². The molecule has 0 rings (SSSR count). The van der Waals surface area contributed by atoms with E-state index in [0.29, 0.717) is 19.3 Å². The van der Waals surface area contributed by atoms with Gasteiger partial charge in [-0.3, -0.25) is 14.4 Å². The van der Waals surface area contributed by atoms with Gasteiger partial charge in [-0.25, -0.2) is 0 Å². The molecule has 0 aromatic heterocycles. The van der Waals surface area contributed by atoms with Crippen LogP contribution in [-0.4, -0.2) is 37.2 Å². The number of unbranched alkanes of at least 4 members (excludes halogenated alkanes) is 59. The molecule has 0 fully saturated rings. The molecule has 0 saturated heterocycles. The van der Waals surface area contributed by atoms with Crippen molar-refractivity contribution in [2.75, 3.05) is 13.2 Å². The van der Waals surface area contributed by atoms with Gasteiger partial charge in [-0.2, -0.15) is 0 Å². The van der Waals surface area contributed by atoms with Crippen molar-refractivity contribution >= 4 is 17.9 Å². The van der Waals surface area contributed by atoms with Crippen LogP contribution in [0.5, 0.6) is 0 Å². The van der Waals surface area contributed by atoms with Crippen LogP contribution in [0, 0.1) is 0 Å². The summed E-state index contributed by atoms with van der Waals surface area (Å²) in [5, 5.41) is 0.